The van der Waals surface area contributed by atoms with E-state index >= 15 is 0 Å². The topological polar surface area (TPSA) is 87.9 Å². The molecule has 1 saturated carbocycles. The highest BCUT2D eigenvalue weighted by Gasteiger charge is 2.69. The van der Waals surface area contributed by atoms with Gasteiger partial charge in [-0.15, -0.1) is 4.72 Å². The molecule has 5 rings (SSSR count). The molecule has 6 nitrogen and oxygen atoms in total. The van der Waals surface area contributed by atoms with Crippen molar-refractivity contribution in [2.75, 3.05) is 18.0 Å². The third kappa shape index (κ3) is 3.23. The number of hydrogen-bond acceptors (Lipinski definition) is 6. The maximum absolute atomic E-state index is 13.2. The van der Waals surface area contributed by atoms with Crippen molar-refractivity contribution in [2.24, 2.45) is 5.41 Å². The number of rotatable bonds is 3. The summed E-state index contributed by atoms with van der Waals surface area (Å²) in [7, 11) is 0. The zero-order chi connectivity index (χ0) is 22.7. The summed E-state index contributed by atoms with van der Waals surface area (Å²) in [6.07, 6.45) is 4.37. The molecule has 2 fully saturated rings. The van der Waals surface area contributed by atoms with E-state index in [2.05, 4.69) is 49.9 Å². The van der Waals surface area contributed by atoms with Gasteiger partial charge in [0.15, 0.2) is 0 Å². The van der Waals surface area contributed by atoms with Crippen LogP contribution in [-0.2, 0) is 16.8 Å². The number of aromatic nitrogens is 2. The van der Waals surface area contributed by atoms with Crippen LogP contribution in [0.3, 0.4) is 0 Å². The number of fused-ring (bicyclic) bond motifs is 3. The van der Waals surface area contributed by atoms with Crippen LogP contribution in [0.4, 0.5) is 5.95 Å². The van der Waals surface area contributed by atoms with Gasteiger partial charge in [0.1, 0.15) is 16.5 Å². The molecule has 2 aliphatic carbocycles. The molecular weight excluding hydrogens is 418 g/mol. The van der Waals surface area contributed by atoms with Crippen molar-refractivity contribution >= 4 is 17.3 Å². The second kappa shape index (κ2) is 7.44. The Morgan fingerprint density at radius 3 is 2.47 bits per heavy atom. The smallest absolute Gasteiger partial charge is 0.226 e. The number of nitrogens with zero attached hydrogens (tertiary/aromatic N) is 4. The van der Waals surface area contributed by atoms with E-state index in [1.54, 1.807) is 6.07 Å². The fourth-order valence-corrected chi connectivity index (χ4v) is 6.92. The van der Waals surface area contributed by atoms with Gasteiger partial charge in [0.2, 0.25) is 5.95 Å². The van der Waals surface area contributed by atoms with Gasteiger partial charge in [-0.3, -0.25) is 0 Å². The van der Waals surface area contributed by atoms with Crippen LogP contribution in [0.15, 0.2) is 30.3 Å². The van der Waals surface area contributed by atoms with Gasteiger partial charge in [0.05, 0.1) is 6.04 Å². The summed E-state index contributed by atoms with van der Waals surface area (Å²) < 4.78 is 16.5. The second-order valence-electron chi connectivity index (χ2n) is 10.6. The van der Waals surface area contributed by atoms with E-state index in [0.717, 1.165) is 31.6 Å². The summed E-state index contributed by atoms with van der Waals surface area (Å²) >= 11 is -1.14. The number of benzene rings is 1. The summed E-state index contributed by atoms with van der Waals surface area (Å²) in [5.41, 5.74) is 4.24. The van der Waals surface area contributed by atoms with Gasteiger partial charge < -0.3 is 9.45 Å². The number of aryl methyl sites for hydroxylation is 1. The molecule has 2 aromatic rings. The highest BCUT2D eigenvalue weighted by Crippen LogP contribution is 2.73. The lowest BCUT2D eigenvalue weighted by molar-refractivity contribution is 0.121. The largest absolute Gasteiger partial charge is 0.598 e. The minimum Gasteiger partial charge on any atom is -0.598 e. The minimum absolute atomic E-state index is 0.0377. The number of piperidine rings is 1. The lowest BCUT2D eigenvalue weighted by Gasteiger charge is -2.47. The van der Waals surface area contributed by atoms with Crippen LogP contribution in [0.25, 0.3) is 0 Å². The third-order valence-corrected chi connectivity index (χ3v) is 9.28. The van der Waals surface area contributed by atoms with Gasteiger partial charge in [-0.25, -0.2) is 9.97 Å². The summed E-state index contributed by atoms with van der Waals surface area (Å²) in [6, 6.07) is 12.7. The SMILES string of the molecule is Cc1cc(C#N)nc(N2CCC3(CC2)[C@H](N[S@+]([O-])C(C)(C)C)c2ccccc2C32CC2)n1. The molecule has 168 valence electrons. The minimum atomic E-state index is -1.14. The zero-order valence-corrected chi connectivity index (χ0v) is 20.1. The standard InChI is InChI=1S/C25H31N5OS/c1-17-15-18(16-26)28-22(27-17)30-13-11-25(12-14-30)21(29-32(31)23(2,3)4)19-7-5-6-8-20(19)24(25)9-10-24/h5-8,15,21,29H,9-14H2,1-4H3/t21-,32-/m1/s1. The molecule has 2 spiro atoms. The van der Waals surface area contributed by atoms with Crippen molar-refractivity contribution in [3.8, 4) is 6.07 Å². The Hall–Kier alpha value is -2.14. The molecule has 32 heavy (non-hydrogen) atoms. The van der Waals surface area contributed by atoms with Crippen LogP contribution in [0, 0.1) is 23.7 Å². The molecule has 0 amide bonds. The third-order valence-electron chi connectivity index (χ3n) is 7.72. The molecular formula is C25H31N5OS. The lowest BCUT2D eigenvalue weighted by atomic mass is 9.65. The highest BCUT2D eigenvalue weighted by atomic mass is 32.2. The Morgan fingerprint density at radius 2 is 1.84 bits per heavy atom. The average molecular weight is 450 g/mol. The molecule has 1 aliphatic heterocycles. The fourth-order valence-electron chi connectivity index (χ4n) is 6.00. The molecule has 0 bridgehead atoms. The Bertz CT molecular complexity index is 1080. The molecule has 3 aliphatic rings. The van der Waals surface area contributed by atoms with E-state index in [-0.39, 0.29) is 21.6 Å². The van der Waals surface area contributed by atoms with Crippen molar-refractivity contribution in [3.63, 3.8) is 0 Å². The quantitative estimate of drug-likeness (QED) is 0.711. The molecule has 1 N–H and O–H groups in total. The van der Waals surface area contributed by atoms with Crippen molar-refractivity contribution in [2.45, 2.75) is 69.6 Å². The molecule has 2 heterocycles. The first-order valence-electron chi connectivity index (χ1n) is 11.5. The van der Waals surface area contributed by atoms with Crippen LogP contribution in [0.2, 0.25) is 0 Å². The molecule has 7 heteroatoms. The molecule has 0 radical (unpaired) electrons. The number of nitriles is 1. The van der Waals surface area contributed by atoms with Crippen LogP contribution < -0.4 is 9.62 Å². The normalized spacial score (nSPS) is 23.8. The van der Waals surface area contributed by atoms with Crippen LogP contribution in [-0.4, -0.2) is 32.4 Å². The number of nitrogens with one attached hydrogen (secondary N) is 1. The first-order chi connectivity index (χ1) is 15.2. The maximum Gasteiger partial charge on any atom is 0.226 e. The van der Waals surface area contributed by atoms with Gasteiger partial charge in [0, 0.05) is 41.0 Å². The van der Waals surface area contributed by atoms with E-state index in [1.165, 1.54) is 24.0 Å². The van der Waals surface area contributed by atoms with Crippen LogP contribution >= 0.6 is 0 Å². The summed E-state index contributed by atoms with van der Waals surface area (Å²) in [4.78, 5) is 11.3. The van der Waals surface area contributed by atoms with E-state index in [0.29, 0.717) is 11.6 Å². The molecule has 2 atom stereocenters. The van der Waals surface area contributed by atoms with E-state index in [4.69, 9.17) is 0 Å². The predicted molar refractivity (Wildman–Crippen MR) is 126 cm³/mol. The van der Waals surface area contributed by atoms with Crippen LogP contribution in [0.5, 0.6) is 0 Å². The van der Waals surface area contributed by atoms with Gasteiger partial charge in [0.25, 0.3) is 0 Å². The van der Waals surface area contributed by atoms with Gasteiger partial charge >= 0.3 is 0 Å². The molecule has 0 unspecified atom stereocenters. The Labute approximate surface area is 193 Å². The monoisotopic (exact) mass is 449 g/mol. The summed E-state index contributed by atoms with van der Waals surface area (Å²) in [5.74, 6) is 0.652. The average Bonchev–Trinajstić information content (AvgIpc) is 3.55. The maximum atomic E-state index is 13.2. The predicted octanol–water partition coefficient (Wildman–Crippen LogP) is 4.08. The number of anilines is 1. The summed E-state index contributed by atoms with van der Waals surface area (Å²) in [6.45, 7) is 9.67. The van der Waals surface area contributed by atoms with Crippen molar-refractivity contribution in [1.29, 1.82) is 5.26 Å². The first-order valence-corrected chi connectivity index (χ1v) is 12.6. The van der Waals surface area contributed by atoms with Crippen LogP contribution in [0.1, 0.15) is 75.0 Å². The Balaban J connectivity index is 1.48. The van der Waals surface area contributed by atoms with Crippen molar-refractivity contribution in [3.05, 3.63) is 52.8 Å². The van der Waals surface area contributed by atoms with E-state index < -0.39 is 11.4 Å². The van der Waals surface area contributed by atoms with Crippen molar-refractivity contribution < 1.29 is 4.55 Å². The van der Waals surface area contributed by atoms with Gasteiger partial charge in [-0.2, -0.15) is 5.26 Å². The van der Waals surface area contributed by atoms with E-state index in [9.17, 15) is 9.81 Å². The Morgan fingerprint density at radius 1 is 1.16 bits per heavy atom. The lowest BCUT2D eigenvalue weighted by Crippen LogP contribution is -2.52. The number of hydrogen-bond donors (Lipinski definition) is 1. The molecule has 1 aromatic carbocycles. The fraction of sp³-hybridized carbons (Fsp3) is 0.560. The molecule has 1 aromatic heterocycles. The Kier molecular flexibility index (Phi) is 5.05. The second-order valence-corrected chi connectivity index (χ2v) is 12.5. The van der Waals surface area contributed by atoms with E-state index in [1.807, 2.05) is 27.7 Å². The van der Waals surface area contributed by atoms with Gasteiger partial charge in [-0.1, -0.05) is 24.3 Å². The molecule has 1 saturated heterocycles. The zero-order valence-electron chi connectivity index (χ0n) is 19.3. The highest BCUT2D eigenvalue weighted by molar-refractivity contribution is 7.90. The first kappa shape index (κ1) is 21.7. The van der Waals surface area contributed by atoms with Crippen molar-refractivity contribution in [1.82, 2.24) is 14.7 Å². The summed E-state index contributed by atoms with van der Waals surface area (Å²) in [5, 5.41) is 9.32. The van der Waals surface area contributed by atoms with Gasteiger partial charge in [-0.05, 0) is 70.6 Å².